The maximum Gasteiger partial charge on any atom is 0.266 e. The number of pyridine rings is 3. The van der Waals surface area contributed by atoms with Crippen LogP contribution in [0.4, 0.5) is 8.78 Å². The van der Waals surface area contributed by atoms with Crippen molar-refractivity contribution in [2.75, 3.05) is 14.2 Å². The minimum Gasteiger partial charge on any atom is -0.491 e. The summed E-state index contributed by atoms with van der Waals surface area (Å²) in [4.78, 5) is 34.9. The molecular weight excluding hydrogens is 536 g/mol. The Labute approximate surface area is 232 Å². The first-order valence-corrected chi connectivity index (χ1v) is 12.3. The first-order chi connectivity index (χ1) is 19.8. The molecule has 0 unspecified atom stereocenters. The molecule has 2 aromatic carbocycles. The van der Waals surface area contributed by atoms with E-state index in [0.29, 0.717) is 22.3 Å². The Bertz CT molecular complexity index is 1820. The predicted molar refractivity (Wildman–Crippen MR) is 145 cm³/mol. The number of aromatic nitrogens is 3. The lowest BCUT2D eigenvalue weighted by Crippen LogP contribution is -2.28. The molecule has 0 saturated heterocycles. The van der Waals surface area contributed by atoms with Gasteiger partial charge in [0.1, 0.15) is 11.3 Å². The van der Waals surface area contributed by atoms with Gasteiger partial charge in [0.25, 0.3) is 11.4 Å². The van der Waals surface area contributed by atoms with Crippen molar-refractivity contribution in [2.45, 2.75) is 13.0 Å². The van der Waals surface area contributed by atoms with E-state index in [1.165, 1.54) is 75.0 Å². The number of carbonyl (C=O) groups is 1. The van der Waals surface area contributed by atoms with Crippen LogP contribution in [0.5, 0.6) is 23.1 Å². The fourth-order valence-electron chi connectivity index (χ4n) is 4.31. The van der Waals surface area contributed by atoms with Gasteiger partial charge in [0.05, 0.1) is 37.6 Å². The van der Waals surface area contributed by atoms with Crippen molar-refractivity contribution >= 4 is 16.8 Å². The topological polar surface area (TPSA) is 113 Å². The van der Waals surface area contributed by atoms with Crippen molar-refractivity contribution in [3.05, 3.63) is 112 Å². The average molecular weight is 560 g/mol. The molecule has 0 fully saturated rings. The SMILES string of the molecule is COc1cc2nccc(Oc3ccc(CC(=O)c4ccc(CO)n(-c5ccc(F)cc5)c4=O)cc3F)c2nc1OC. The normalized spacial score (nSPS) is 11.0. The third-order valence-corrected chi connectivity index (χ3v) is 6.31. The van der Waals surface area contributed by atoms with Crippen LogP contribution in [-0.2, 0) is 13.0 Å². The van der Waals surface area contributed by atoms with Crippen molar-refractivity contribution in [3.8, 4) is 28.8 Å². The van der Waals surface area contributed by atoms with Crippen LogP contribution in [-0.4, -0.2) is 39.6 Å². The summed E-state index contributed by atoms with van der Waals surface area (Å²) in [6.45, 7) is -0.476. The number of methoxy groups -OCH3 is 2. The van der Waals surface area contributed by atoms with Crippen LogP contribution in [0.25, 0.3) is 16.7 Å². The molecule has 208 valence electrons. The van der Waals surface area contributed by atoms with E-state index < -0.39 is 29.6 Å². The zero-order chi connectivity index (χ0) is 29.1. The monoisotopic (exact) mass is 559 g/mol. The number of carbonyl (C=O) groups excluding carboxylic acids is 1. The average Bonchev–Trinajstić information content (AvgIpc) is 2.98. The standard InChI is InChI=1S/C30H23F2N3O6/c1-39-27-15-23-28(34-29(27)40-2)26(11-12-33-23)41-25-10-3-17(13-22(25)32)14-24(37)21-9-8-20(16-36)35(30(21)38)19-6-4-18(31)5-7-19/h3-13,15,36H,14,16H2,1-2H3. The molecule has 0 aliphatic heterocycles. The quantitative estimate of drug-likeness (QED) is 0.257. The molecule has 0 saturated carbocycles. The highest BCUT2D eigenvalue weighted by atomic mass is 19.1. The van der Waals surface area contributed by atoms with Gasteiger partial charge in [-0.3, -0.25) is 19.1 Å². The van der Waals surface area contributed by atoms with Gasteiger partial charge in [-0.2, -0.15) is 0 Å². The number of halogens is 2. The van der Waals surface area contributed by atoms with Gasteiger partial charge in [0.2, 0.25) is 0 Å². The van der Waals surface area contributed by atoms with E-state index >= 15 is 4.39 Å². The number of ether oxygens (including phenoxy) is 3. The Kier molecular flexibility index (Phi) is 7.70. The van der Waals surface area contributed by atoms with E-state index in [0.717, 1.165) is 10.6 Å². The second-order valence-electron chi connectivity index (χ2n) is 8.86. The first kappa shape index (κ1) is 27.4. The molecule has 0 aliphatic carbocycles. The maximum absolute atomic E-state index is 15.1. The van der Waals surface area contributed by atoms with Crippen molar-refractivity contribution in [1.82, 2.24) is 14.5 Å². The summed E-state index contributed by atoms with van der Waals surface area (Å²) in [5.74, 6) is -1.10. The molecule has 0 amide bonds. The fourth-order valence-corrected chi connectivity index (χ4v) is 4.31. The van der Waals surface area contributed by atoms with Crippen molar-refractivity contribution in [2.24, 2.45) is 0 Å². The summed E-state index contributed by atoms with van der Waals surface area (Å²) in [7, 11) is 2.91. The highest BCUT2D eigenvalue weighted by Crippen LogP contribution is 2.34. The fraction of sp³-hybridized carbons (Fsp3) is 0.133. The van der Waals surface area contributed by atoms with E-state index in [2.05, 4.69) is 9.97 Å². The summed E-state index contributed by atoms with van der Waals surface area (Å²) in [5, 5.41) is 9.70. The van der Waals surface area contributed by atoms with Crippen molar-refractivity contribution in [1.29, 1.82) is 0 Å². The second kappa shape index (κ2) is 11.5. The third kappa shape index (κ3) is 5.48. The van der Waals surface area contributed by atoms with Crippen LogP contribution < -0.4 is 19.8 Å². The molecule has 0 spiro atoms. The van der Waals surface area contributed by atoms with Crippen LogP contribution in [0.2, 0.25) is 0 Å². The molecule has 5 aromatic rings. The number of aliphatic hydroxyl groups excluding tert-OH is 1. The molecular formula is C30H23F2N3O6. The Morgan fingerprint density at radius 1 is 0.927 bits per heavy atom. The van der Waals surface area contributed by atoms with E-state index in [1.54, 1.807) is 6.07 Å². The smallest absolute Gasteiger partial charge is 0.266 e. The second-order valence-corrected chi connectivity index (χ2v) is 8.86. The molecule has 3 aromatic heterocycles. The largest absolute Gasteiger partial charge is 0.491 e. The van der Waals surface area contributed by atoms with Gasteiger partial charge in [-0.25, -0.2) is 13.8 Å². The summed E-state index contributed by atoms with van der Waals surface area (Å²) in [6, 6.07) is 15.0. The molecule has 3 heterocycles. The molecule has 41 heavy (non-hydrogen) atoms. The van der Waals surface area contributed by atoms with Crippen molar-refractivity contribution in [3.63, 3.8) is 0 Å². The molecule has 0 radical (unpaired) electrons. The number of hydrogen-bond acceptors (Lipinski definition) is 8. The number of benzene rings is 2. The van der Waals surface area contributed by atoms with E-state index in [9.17, 15) is 19.1 Å². The van der Waals surface area contributed by atoms with Crippen LogP contribution in [0, 0.1) is 11.6 Å². The Morgan fingerprint density at radius 2 is 1.71 bits per heavy atom. The van der Waals surface area contributed by atoms with Crippen LogP contribution in [0.1, 0.15) is 21.6 Å². The molecule has 5 rings (SSSR count). The van der Waals surface area contributed by atoms with Crippen LogP contribution in [0.15, 0.2) is 77.7 Å². The molecule has 0 aliphatic rings. The number of ketones is 1. The molecule has 1 N–H and O–H groups in total. The third-order valence-electron chi connectivity index (χ3n) is 6.31. The van der Waals surface area contributed by atoms with E-state index in [1.807, 2.05) is 0 Å². The molecule has 0 atom stereocenters. The maximum atomic E-state index is 15.1. The highest BCUT2D eigenvalue weighted by molar-refractivity contribution is 5.97. The van der Waals surface area contributed by atoms with Crippen molar-refractivity contribution < 1.29 is 32.9 Å². The van der Waals surface area contributed by atoms with Gasteiger partial charge in [0, 0.05) is 30.4 Å². The molecule has 9 nitrogen and oxygen atoms in total. The minimum absolute atomic E-state index is 0.115. The highest BCUT2D eigenvalue weighted by Gasteiger charge is 2.19. The van der Waals surface area contributed by atoms with Gasteiger partial charge in [-0.1, -0.05) is 6.07 Å². The molecule has 11 heteroatoms. The minimum atomic E-state index is -0.736. The van der Waals surface area contributed by atoms with E-state index in [-0.39, 0.29) is 40.7 Å². The number of nitrogens with zero attached hydrogens (tertiary/aromatic N) is 3. The van der Waals surface area contributed by atoms with Gasteiger partial charge in [-0.15, -0.1) is 0 Å². The van der Waals surface area contributed by atoms with Gasteiger partial charge in [0.15, 0.2) is 28.8 Å². The first-order valence-electron chi connectivity index (χ1n) is 12.3. The summed E-state index contributed by atoms with van der Waals surface area (Å²) in [6.07, 6.45) is 1.21. The zero-order valence-corrected chi connectivity index (χ0v) is 21.9. The van der Waals surface area contributed by atoms with Crippen LogP contribution in [0.3, 0.4) is 0 Å². The zero-order valence-electron chi connectivity index (χ0n) is 21.9. The number of aliphatic hydroxyl groups is 1. The lowest BCUT2D eigenvalue weighted by molar-refractivity contribution is 0.0991. The van der Waals surface area contributed by atoms with E-state index in [4.69, 9.17) is 14.2 Å². The lowest BCUT2D eigenvalue weighted by Gasteiger charge is -2.13. The molecule has 0 bridgehead atoms. The summed E-state index contributed by atoms with van der Waals surface area (Å²) in [5.41, 5.74) is 0.747. The van der Waals surface area contributed by atoms with Gasteiger partial charge < -0.3 is 19.3 Å². The Morgan fingerprint density at radius 3 is 2.39 bits per heavy atom. The number of fused-ring (bicyclic) bond motifs is 1. The van der Waals surface area contributed by atoms with Crippen LogP contribution >= 0.6 is 0 Å². The van der Waals surface area contributed by atoms with Gasteiger partial charge >= 0.3 is 0 Å². The predicted octanol–water partition coefficient (Wildman–Crippen LogP) is 4.79. The lowest BCUT2D eigenvalue weighted by atomic mass is 10.0. The Balaban J connectivity index is 1.41. The van der Waals surface area contributed by atoms with Gasteiger partial charge in [-0.05, 0) is 54.1 Å². The summed E-state index contributed by atoms with van der Waals surface area (Å²) >= 11 is 0. The summed E-state index contributed by atoms with van der Waals surface area (Å²) < 4.78 is 45.9. The Hall–Kier alpha value is -5.16. The number of Topliss-reactive ketones (excluding diaryl/α,β-unsaturated/α-hetero) is 1. The number of rotatable bonds is 9. The number of hydrogen-bond donors (Lipinski definition) is 1.